The summed E-state index contributed by atoms with van der Waals surface area (Å²) in [6.07, 6.45) is 5.34. The zero-order valence-corrected chi connectivity index (χ0v) is 15.4. The SMILES string of the molecule is COc1ccc2[nH]c(=O)c(-c3nccn3C3CCN(C(C)=O)CC3)cc2c1. The van der Waals surface area contributed by atoms with Gasteiger partial charge in [0.2, 0.25) is 5.91 Å². The number of imidazole rings is 1. The summed E-state index contributed by atoms with van der Waals surface area (Å²) in [4.78, 5) is 33.5. The maximum absolute atomic E-state index is 12.7. The Labute approximate surface area is 156 Å². The van der Waals surface area contributed by atoms with Crippen LogP contribution >= 0.6 is 0 Å². The molecule has 1 saturated heterocycles. The Morgan fingerprint density at radius 1 is 1.26 bits per heavy atom. The van der Waals surface area contributed by atoms with Gasteiger partial charge in [-0.25, -0.2) is 4.98 Å². The number of carbonyl (C=O) groups is 1. The van der Waals surface area contributed by atoms with Crippen LogP contribution in [-0.4, -0.2) is 45.5 Å². The van der Waals surface area contributed by atoms with Crippen molar-refractivity contribution in [3.05, 3.63) is 47.0 Å². The molecule has 0 spiro atoms. The summed E-state index contributed by atoms with van der Waals surface area (Å²) in [6.45, 7) is 3.05. The van der Waals surface area contributed by atoms with E-state index >= 15 is 0 Å². The summed E-state index contributed by atoms with van der Waals surface area (Å²) in [6, 6.07) is 7.64. The molecule has 1 N–H and O–H groups in total. The second-order valence-corrected chi connectivity index (χ2v) is 6.86. The number of amides is 1. The monoisotopic (exact) mass is 366 g/mol. The van der Waals surface area contributed by atoms with E-state index in [1.54, 1.807) is 20.2 Å². The molecule has 1 fully saturated rings. The first-order chi connectivity index (χ1) is 13.1. The molecule has 140 valence electrons. The van der Waals surface area contributed by atoms with Crippen LogP contribution in [0.1, 0.15) is 25.8 Å². The number of nitrogens with zero attached hydrogens (tertiary/aromatic N) is 3. The van der Waals surface area contributed by atoms with Gasteiger partial charge in [0, 0.05) is 49.4 Å². The number of rotatable bonds is 3. The van der Waals surface area contributed by atoms with Crippen molar-refractivity contribution in [3.8, 4) is 17.1 Å². The van der Waals surface area contributed by atoms with Crippen LogP contribution in [0.15, 0.2) is 41.5 Å². The Kier molecular flexibility index (Phi) is 4.43. The molecule has 0 radical (unpaired) electrons. The number of hydrogen-bond acceptors (Lipinski definition) is 4. The van der Waals surface area contributed by atoms with Crippen LogP contribution in [0, 0.1) is 0 Å². The molecule has 0 unspecified atom stereocenters. The number of methoxy groups -OCH3 is 1. The molecule has 2 aromatic heterocycles. The molecule has 1 aliphatic rings. The lowest BCUT2D eigenvalue weighted by molar-refractivity contribution is -0.130. The fraction of sp³-hybridized carbons (Fsp3) is 0.350. The number of nitrogens with one attached hydrogen (secondary N) is 1. The zero-order valence-electron chi connectivity index (χ0n) is 15.4. The topological polar surface area (TPSA) is 80.2 Å². The van der Waals surface area contributed by atoms with Gasteiger partial charge in [-0.15, -0.1) is 0 Å². The highest BCUT2D eigenvalue weighted by Gasteiger charge is 2.24. The lowest BCUT2D eigenvalue weighted by Gasteiger charge is -2.32. The molecule has 0 saturated carbocycles. The van der Waals surface area contributed by atoms with Gasteiger partial charge < -0.3 is 19.2 Å². The lowest BCUT2D eigenvalue weighted by Crippen LogP contribution is -2.37. The van der Waals surface area contributed by atoms with Gasteiger partial charge in [0.15, 0.2) is 0 Å². The van der Waals surface area contributed by atoms with E-state index in [1.807, 2.05) is 35.4 Å². The fourth-order valence-corrected chi connectivity index (χ4v) is 3.75. The minimum Gasteiger partial charge on any atom is -0.497 e. The van der Waals surface area contributed by atoms with E-state index in [0.29, 0.717) is 11.4 Å². The molecule has 3 aromatic rings. The predicted molar refractivity (Wildman–Crippen MR) is 103 cm³/mol. The van der Waals surface area contributed by atoms with Crippen LogP contribution in [0.3, 0.4) is 0 Å². The quantitative estimate of drug-likeness (QED) is 0.773. The van der Waals surface area contributed by atoms with Crippen molar-refractivity contribution in [2.75, 3.05) is 20.2 Å². The first-order valence-corrected chi connectivity index (χ1v) is 9.06. The molecule has 1 aromatic carbocycles. The van der Waals surface area contributed by atoms with Crippen LogP contribution in [0.25, 0.3) is 22.3 Å². The molecule has 27 heavy (non-hydrogen) atoms. The van der Waals surface area contributed by atoms with Crippen molar-refractivity contribution in [1.82, 2.24) is 19.4 Å². The second kappa shape index (κ2) is 6.90. The summed E-state index contributed by atoms with van der Waals surface area (Å²) in [5.74, 6) is 1.50. The standard InChI is InChI=1S/C20H22N4O3/c1-13(25)23-8-5-15(6-9-23)24-10-7-21-19(24)17-12-14-11-16(27-2)3-4-18(14)22-20(17)26/h3-4,7,10-12,15H,5-6,8-9H2,1-2H3,(H,22,26). The van der Waals surface area contributed by atoms with Gasteiger partial charge in [-0.2, -0.15) is 0 Å². The van der Waals surface area contributed by atoms with Crippen LogP contribution in [0.2, 0.25) is 0 Å². The van der Waals surface area contributed by atoms with E-state index in [1.165, 1.54) is 0 Å². The minimum atomic E-state index is -0.165. The van der Waals surface area contributed by atoms with Crippen molar-refractivity contribution in [1.29, 1.82) is 0 Å². The molecule has 3 heterocycles. The van der Waals surface area contributed by atoms with Crippen molar-refractivity contribution in [3.63, 3.8) is 0 Å². The lowest BCUT2D eigenvalue weighted by atomic mass is 10.0. The summed E-state index contributed by atoms with van der Waals surface area (Å²) in [5.41, 5.74) is 1.13. The number of aromatic nitrogens is 3. The third-order valence-electron chi connectivity index (χ3n) is 5.26. The van der Waals surface area contributed by atoms with Crippen LogP contribution in [0.5, 0.6) is 5.75 Å². The van der Waals surface area contributed by atoms with E-state index in [2.05, 4.69) is 14.5 Å². The Balaban J connectivity index is 1.71. The third-order valence-corrected chi connectivity index (χ3v) is 5.26. The zero-order chi connectivity index (χ0) is 19.0. The van der Waals surface area contributed by atoms with Gasteiger partial charge >= 0.3 is 0 Å². The maximum Gasteiger partial charge on any atom is 0.259 e. The van der Waals surface area contributed by atoms with E-state index in [0.717, 1.165) is 42.6 Å². The second-order valence-electron chi connectivity index (χ2n) is 6.86. The van der Waals surface area contributed by atoms with Crippen molar-refractivity contribution >= 4 is 16.8 Å². The summed E-state index contributed by atoms with van der Waals surface area (Å²) < 4.78 is 7.35. The Hall–Kier alpha value is -3.09. The first-order valence-electron chi connectivity index (χ1n) is 9.06. The van der Waals surface area contributed by atoms with Gasteiger partial charge in [0.1, 0.15) is 11.6 Å². The Bertz CT molecular complexity index is 1040. The molecule has 4 rings (SSSR count). The van der Waals surface area contributed by atoms with Gasteiger partial charge in [-0.05, 0) is 37.1 Å². The van der Waals surface area contributed by atoms with E-state index in [9.17, 15) is 9.59 Å². The van der Waals surface area contributed by atoms with Gasteiger partial charge in [0.25, 0.3) is 5.56 Å². The average molecular weight is 366 g/mol. The highest BCUT2D eigenvalue weighted by atomic mass is 16.5. The molecule has 0 bridgehead atoms. The normalized spacial score (nSPS) is 15.3. The largest absolute Gasteiger partial charge is 0.497 e. The number of hydrogen-bond donors (Lipinski definition) is 1. The maximum atomic E-state index is 12.7. The molecule has 7 heteroatoms. The number of aromatic amines is 1. The van der Waals surface area contributed by atoms with Crippen LogP contribution in [-0.2, 0) is 4.79 Å². The summed E-state index contributed by atoms with van der Waals surface area (Å²) in [7, 11) is 1.62. The molecular formula is C20H22N4O3. The molecule has 7 nitrogen and oxygen atoms in total. The Morgan fingerprint density at radius 2 is 2.04 bits per heavy atom. The number of carbonyl (C=O) groups excluding carboxylic acids is 1. The summed E-state index contributed by atoms with van der Waals surface area (Å²) >= 11 is 0. The molecule has 1 amide bonds. The van der Waals surface area contributed by atoms with Crippen molar-refractivity contribution in [2.45, 2.75) is 25.8 Å². The van der Waals surface area contributed by atoms with E-state index in [-0.39, 0.29) is 17.5 Å². The van der Waals surface area contributed by atoms with E-state index in [4.69, 9.17) is 4.74 Å². The predicted octanol–water partition coefficient (Wildman–Crippen LogP) is 2.58. The number of ether oxygens (including phenoxy) is 1. The number of pyridine rings is 1. The average Bonchev–Trinajstić information content (AvgIpc) is 3.16. The van der Waals surface area contributed by atoms with E-state index < -0.39 is 0 Å². The van der Waals surface area contributed by atoms with Crippen LogP contribution < -0.4 is 10.3 Å². The third kappa shape index (κ3) is 3.20. The summed E-state index contributed by atoms with van der Waals surface area (Å²) in [5, 5.41) is 0.893. The molecule has 0 aliphatic carbocycles. The minimum absolute atomic E-state index is 0.110. The number of piperidine rings is 1. The first kappa shape index (κ1) is 17.3. The van der Waals surface area contributed by atoms with Gasteiger partial charge in [0.05, 0.1) is 12.7 Å². The molecule has 1 aliphatic heterocycles. The number of H-pyrrole nitrogens is 1. The smallest absolute Gasteiger partial charge is 0.259 e. The highest BCUT2D eigenvalue weighted by molar-refractivity contribution is 5.83. The fourth-order valence-electron chi connectivity index (χ4n) is 3.75. The van der Waals surface area contributed by atoms with Crippen molar-refractivity contribution < 1.29 is 9.53 Å². The van der Waals surface area contributed by atoms with Crippen LogP contribution in [0.4, 0.5) is 0 Å². The molecule has 0 atom stereocenters. The number of likely N-dealkylation sites (tertiary alicyclic amines) is 1. The number of benzene rings is 1. The van der Waals surface area contributed by atoms with Crippen molar-refractivity contribution in [2.24, 2.45) is 0 Å². The van der Waals surface area contributed by atoms with Gasteiger partial charge in [-0.3, -0.25) is 9.59 Å². The Morgan fingerprint density at radius 3 is 2.74 bits per heavy atom. The molecular weight excluding hydrogens is 344 g/mol. The van der Waals surface area contributed by atoms with Gasteiger partial charge in [-0.1, -0.05) is 0 Å². The number of fused-ring (bicyclic) bond motifs is 1. The highest BCUT2D eigenvalue weighted by Crippen LogP contribution is 2.28.